The van der Waals surface area contributed by atoms with Gasteiger partial charge in [0.2, 0.25) is 0 Å². The van der Waals surface area contributed by atoms with Gasteiger partial charge in [-0.2, -0.15) is 0 Å². The van der Waals surface area contributed by atoms with Gasteiger partial charge in [0.05, 0.1) is 6.04 Å². The average Bonchev–Trinajstić information content (AvgIpc) is 3.42. The molecule has 0 bridgehead atoms. The van der Waals surface area contributed by atoms with E-state index in [1.165, 1.54) is 58.2 Å². The van der Waals surface area contributed by atoms with E-state index in [2.05, 4.69) is 190 Å². The van der Waals surface area contributed by atoms with Crippen LogP contribution in [-0.4, -0.2) is 26.5 Å². The van der Waals surface area contributed by atoms with E-state index in [1.807, 2.05) is 18.2 Å². The fourth-order valence-electron chi connectivity index (χ4n) is 9.95. The molecule has 1 unspecified atom stereocenters. The number of hydrogen-bond donors (Lipinski definition) is 0. The molecule has 0 N–H and O–H groups in total. The number of aromatic nitrogens is 3. The Morgan fingerprint density at radius 1 is 0.552 bits per heavy atom. The molecule has 6 aromatic carbocycles. The van der Waals surface area contributed by atoms with E-state index in [-0.39, 0.29) is 11.5 Å². The molecule has 1 fully saturated rings. The van der Waals surface area contributed by atoms with Gasteiger partial charge >= 0.3 is 0 Å². The highest BCUT2D eigenvalue weighted by molar-refractivity contribution is 6.12. The highest BCUT2D eigenvalue weighted by Crippen LogP contribution is 2.46. The maximum atomic E-state index is 5.34. The number of amidine groups is 1. The molecule has 7 aromatic rings. The third-order valence-electron chi connectivity index (χ3n) is 13.8. The number of rotatable bonds is 11. The summed E-state index contributed by atoms with van der Waals surface area (Å²) < 4.78 is 0. The average molecular weight is 872 g/mol. The first-order valence-electron chi connectivity index (χ1n) is 24.1. The molecule has 10 rings (SSSR count). The molecule has 3 aliphatic rings. The molecule has 0 radical (unpaired) electrons. The third-order valence-corrected chi connectivity index (χ3v) is 13.8. The van der Waals surface area contributed by atoms with Crippen molar-refractivity contribution in [2.24, 2.45) is 9.98 Å². The van der Waals surface area contributed by atoms with Crippen molar-refractivity contribution in [1.82, 2.24) is 15.0 Å². The van der Waals surface area contributed by atoms with Crippen molar-refractivity contribution in [2.75, 3.05) is 0 Å². The van der Waals surface area contributed by atoms with Crippen LogP contribution in [0.5, 0.6) is 0 Å². The molecule has 1 aromatic heterocycles. The second kappa shape index (κ2) is 20.0. The molecule has 0 saturated heterocycles. The molecule has 1 saturated carbocycles. The van der Waals surface area contributed by atoms with Crippen LogP contribution < -0.4 is 0 Å². The molecule has 0 aliphatic heterocycles. The van der Waals surface area contributed by atoms with Crippen LogP contribution in [0.15, 0.2) is 210 Å². The van der Waals surface area contributed by atoms with Gasteiger partial charge in [-0.1, -0.05) is 201 Å². The molecule has 1 heterocycles. The first-order valence-corrected chi connectivity index (χ1v) is 24.1. The fourth-order valence-corrected chi connectivity index (χ4v) is 9.95. The topological polar surface area (TPSA) is 63.4 Å². The quantitative estimate of drug-likeness (QED) is 0.0961. The van der Waals surface area contributed by atoms with E-state index in [9.17, 15) is 0 Å². The highest BCUT2D eigenvalue weighted by Gasteiger charge is 2.36. The van der Waals surface area contributed by atoms with E-state index in [1.54, 1.807) is 0 Å². The SMILES string of the molecule is CC(=NC(=NC(C)c1ccc(C2(c3ccc(-c4nc(-c5ccccc5)nc(-c5cccc(C6=CC=CCC6)c5)n4)cc3)CCCCC2)cc1)C1=CCCC=C1)c1cccc(-c2ccccc2)c1. The van der Waals surface area contributed by atoms with E-state index in [4.69, 9.17) is 24.9 Å². The predicted octanol–water partition coefficient (Wildman–Crippen LogP) is 15.8. The lowest BCUT2D eigenvalue weighted by molar-refractivity contribution is 0.346. The molecular weight excluding hydrogens is 815 g/mol. The van der Waals surface area contributed by atoms with Gasteiger partial charge in [0.15, 0.2) is 23.3 Å². The Hall–Kier alpha value is -7.37. The lowest BCUT2D eigenvalue weighted by atomic mass is 9.65. The van der Waals surface area contributed by atoms with Gasteiger partial charge < -0.3 is 0 Å². The zero-order chi connectivity index (χ0) is 45.4. The van der Waals surface area contributed by atoms with Crippen molar-refractivity contribution in [2.45, 2.75) is 83.1 Å². The van der Waals surface area contributed by atoms with Gasteiger partial charge in [0.1, 0.15) is 0 Å². The molecule has 5 heteroatoms. The van der Waals surface area contributed by atoms with E-state index >= 15 is 0 Å². The largest absolute Gasteiger partial charge is 0.258 e. The molecule has 0 amide bonds. The minimum atomic E-state index is -0.0801. The van der Waals surface area contributed by atoms with Crippen LogP contribution in [0.4, 0.5) is 0 Å². The second-order valence-electron chi connectivity index (χ2n) is 18.2. The normalized spacial score (nSPS) is 16.6. The van der Waals surface area contributed by atoms with Gasteiger partial charge in [-0.05, 0) is 109 Å². The first-order chi connectivity index (χ1) is 33.0. The summed E-state index contributed by atoms with van der Waals surface area (Å²) in [7, 11) is 0. The van der Waals surface area contributed by atoms with Crippen molar-refractivity contribution in [3.8, 4) is 45.3 Å². The smallest absolute Gasteiger partial charge is 0.164 e. The minimum absolute atomic E-state index is 0.0796. The predicted molar refractivity (Wildman–Crippen MR) is 279 cm³/mol. The van der Waals surface area contributed by atoms with Crippen molar-refractivity contribution < 1.29 is 0 Å². The van der Waals surface area contributed by atoms with Crippen molar-refractivity contribution >= 4 is 17.1 Å². The summed E-state index contributed by atoms with van der Waals surface area (Å²) >= 11 is 0. The molecule has 67 heavy (non-hydrogen) atoms. The van der Waals surface area contributed by atoms with Crippen molar-refractivity contribution in [1.29, 1.82) is 0 Å². The Balaban J connectivity index is 0.943. The number of aliphatic imine (C=N–C) groups is 2. The van der Waals surface area contributed by atoms with Crippen LogP contribution in [0.2, 0.25) is 0 Å². The van der Waals surface area contributed by atoms with E-state index in [0.717, 1.165) is 77.9 Å². The Kier molecular flexibility index (Phi) is 13.0. The Labute approximate surface area is 396 Å². The first kappa shape index (κ1) is 43.5. The van der Waals surface area contributed by atoms with Gasteiger partial charge in [0, 0.05) is 33.4 Å². The summed E-state index contributed by atoms with van der Waals surface area (Å²) in [6.45, 7) is 4.29. The minimum Gasteiger partial charge on any atom is -0.258 e. The van der Waals surface area contributed by atoms with Gasteiger partial charge in [0.25, 0.3) is 0 Å². The molecular formula is C62H57N5. The Morgan fingerprint density at radius 3 is 1.84 bits per heavy atom. The van der Waals surface area contributed by atoms with Crippen LogP contribution >= 0.6 is 0 Å². The van der Waals surface area contributed by atoms with Crippen LogP contribution in [0.3, 0.4) is 0 Å². The number of allylic oxidation sites excluding steroid dienone is 6. The van der Waals surface area contributed by atoms with Crippen LogP contribution in [0, 0.1) is 0 Å². The second-order valence-corrected chi connectivity index (χ2v) is 18.2. The summed E-state index contributed by atoms with van der Waals surface area (Å²) in [6, 6.07) is 56.4. The summed E-state index contributed by atoms with van der Waals surface area (Å²) in [4.78, 5) is 25.8. The zero-order valence-corrected chi connectivity index (χ0v) is 38.7. The summed E-state index contributed by atoms with van der Waals surface area (Å²) in [6.07, 6.45) is 23.3. The number of hydrogen-bond acceptors (Lipinski definition) is 4. The van der Waals surface area contributed by atoms with Gasteiger partial charge in [-0.25, -0.2) is 19.9 Å². The Bertz CT molecular complexity index is 3040. The third kappa shape index (κ3) is 9.78. The van der Waals surface area contributed by atoms with Crippen LogP contribution in [-0.2, 0) is 5.41 Å². The number of nitrogens with zero attached hydrogens (tertiary/aromatic N) is 5. The lowest BCUT2D eigenvalue weighted by Crippen LogP contribution is -2.30. The van der Waals surface area contributed by atoms with Gasteiger partial charge in [-0.3, -0.25) is 4.99 Å². The maximum Gasteiger partial charge on any atom is 0.164 e. The molecule has 330 valence electrons. The highest BCUT2D eigenvalue weighted by atomic mass is 15.0. The Morgan fingerprint density at radius 2 is 1.16 bits per heavy atom. The van der Waals surface area contributed by atoms with Crippen LogP contribution in [0.1, 0.15) is 105 Å². The molecule has 3 aliphatic carbocycles. The van der Waals surface area contributed by atoms with Crippen LogP contribution in [0.25, 0.3) is 50.9 Å². The summed E-state index contributed by atoms with van der Waals surface area (Å²) in [5.74, 6) is 2.81. The van der Waals surface area contributed by atoms with E-state index in [0.29, 0.717) is 17.5 Å². The maximum absolute atomic E-state index is 5.34. The monoisotopic (exact) mass is 871 g/mol. The fraction of sp³-hybridized carbons (Fsp3) is 0.210. The summed E-state index contributed by atoms with van der Waals surface area (Å²) in [5.41, 5.74) is 14.8. The molecule has 0 spiro atoms. The summed E-state index contributed by atoms with van der Waals surface area (Å²) in [5, 5.41) is 0. The van der Waals surface area contributed by atoms with Crippen molar-refractivity contribution in [3.63, 3.8) is 0 Å². The van der Waals surface area contributed by atoms with Gasteiger partial charge in [-0.15, -0.1) is 0 Å². The lowest BCUT2D eigenvalue weighted by Gasteiger charge is -2.39. The standard InChI is InChI=1S/C62H57N5/c1-44(63-58(49-24-12-5-13-25-49)64-45(2)52-28-18-29-53(42-52)47-20-8-3-9-21-47)46-32-36-56(37-33-46)62(40-16-7-17-41-62)57-38-34-51(35-39-57)60-65-59(50-26-14-6-15-27-50)66-61(67-60)55-31-19-30-54(43-55)48-22-10-4-11-23-48/h3-4,6,8-10,12,14-15,18-22,24-39,42-44H,5,7,11,13,16-17,23,40-41H2,1-2H3. The van der Waals surface area contributed by atoms with Crippen molar-refractivity contribution in [3.05, 3.63) is 228 Å². The zero-order valence-electron chi connectivity index (χ0n) is 38.7. The molecule has 1 atom stereocenters. The number of benzene rings is 6. The molecule has 5 nitrogen and oxygen atoms in total. The van der Waals surface area contributed by atoms with E-state index < -0.39 is 0 Å².